The van der Waals surface area contributed by atoms with Gasteiger partial charge in [0, 0.05) is 6.54 Å². The predicted molar refractivity (Wildman–Crippen MR) is 77.4 cm³/mol. The molecular weight excluding hydrogens is 300 g/mol. The third-order valence-corrected chi connectivity index (χ3v) is 3.47. The van der Waals surface area contributed by atoms with Crippen LogP contribution < -0.4 is 10.0 Å². The monoisotopic (exact) mass is 322 g/mol. The highest BCUT2D eigenvalue weighted by Crippen LogP contribution is 2.06. The van der Waals surface area contributed by atoms with Gasteiger partial charge in [0.05, 0.1) is 5.75 Å². The van der Waals surface area contributed by atoms with Gasteiger partial charge in [-0.2, -0.15) is 0 Å². The number of hydrogen-bond acceptors (Lipinski definition) is 5. The zero-order chi connectivity index (χ0) is 16.7. The lowest BCUT2D eigenvalue weighted by Crippen LogP contribution is -2.49. The molecule has 0 radical (unpaired) electrons. The summed E-state index contributed by atoms with van der Waals surface area (Å²) in [7, 11) is -3.62. The molecule has 1 unspecified atom stereocenters. The molecule has 21 heavy (non-hydrogen) atoms. The average Bonchev–Trinajstić information content (AvgIpc) is 2.29. The summed E-state index contributed by atoms with van der Waals surface area (Å²) in [6, 6.07) is -1.42. The summed E-state index contributed by atoms with van der Waals surface area (Å²) >= 11 is 0. The number of hydrogen-bond donors (Lipinski definition) is 3. The molecule has 0 fully saturated rings. The summed E-state index contributed by atoms with van der Waals surface area (Å²) in [6.07, 6.45) is 0.750. The zero-order valence-electron chi connectivity index (χ0n) is 12.4. The van der Waals surface area contributed by atoms with Gasteiger partial charge in [0.2, 0.25) is 10.0 Å². The minimum Gasteiger partial charge on any atom is -0.480 e. The molecule has 1 amide bonds. The lowest BCUT2D eigenvalue weighted by Gasteiger charge is -2.22. The highest BCUT2D eigenvalue weighted by Gasteiger charge is 2.25. The molecule has 0 saturated heterocycles. The van der Waals surface area contributed by atoms with Crippen LogP contribution in [0.1, 0.15) is 27.2 Å². The van der Waals surface area contributed by atoms with Crippen LogP contribution in [0.4, 0.5) is 4.79 Å². The van der Waals surface area contributed by atoms with E-state index in [4.69, 9.17) is 9.84 Å². The van der Waals surface area contributed by atoms with Crippen LogP contribution in [0.15, 0.2) is 12.7 Å². The summed E-state index contributed by atoms with van der Waals surface area (Å²) in [5.41, 5.74) is -0.781. The fourth-order valence-electron chi connectivity index (χ4n) is 1.17. The number of amides is 1. The van der Waals surface area contributed by atoms with Crippen LogP contribution in [0, 0.1) is 0 Å². The normalized spacial score (nSPS) is 13.3. The summed E-state index contributed by atoms with van der Waals surface area (Å²) in [4.78, 5) is 22.5. The molecule has 0 aliphatic rings. The van der Waals surface area contributed by atoms with E-state index in [1.807, 2.05) is 0 Å². The Hall–Kier alpha value is -1.61. The van der Waals surface area contributed by atoms with Crippen LogP contribution in [0.2, 0.25) is 0 Å². The van der Waals surface area contributed by atoms with Crippen molar-refractivity contribution in [2.24, 2.45) is 0 Å². The second-order valence-corrected chi connectivity index (χ2v) is 7.21. The van der Waals surface area contributed by atoms with Crippen molar-refractivity contribution in [1.82, 2.24) is 10.0 Å². The van der Waals surface area contributed by atoms with Crippen molar-refractivity contribution >= 4 is 22.1 Å². The lowest BCUT2D eigenvalue weighted by atomic mass is 10.2. The molecule has 0 rings (SSSR count). The van der Waals surface area contributed by atoms with E-state index >= 15 is 0 Å². The Morgan fingerprint density at radius 3 is 2.38 bits per heavy atom. The summed E-state index contributed by atoms with van der Waals surface area (Å²) < 4.78 is 30.1. The van der Waals surface area contributed by atoms with Gasteiger partial charge in [-0.3, -0.25) is 0 Å². The first-order chi connectivity index (χ1) is 9.47. The highest BCUT2D eigenvalue weighted by atomic mass is 32.2. The Morgan fingerprint density at radius 2 is 1.95 bits per heavy atom. The minimum absolute atomic E-state index is 0.199. The first-order valence-electron chi connectivity index (χ1n) is 6.27. The molecule has 3 N–H and O–H groups in total. The largest absolute Gasteiger partial charge is 0.480 e. The Balaban J connectivity index is 4.55. The van der Waals surface area contributed by atoms with E-state index in [2.05, 4.69) is 16.6 Å². The topological polar surface area (TPSA) is 122 Å². The van der Waals surface area contributed by atoms with Crippen molar-refractivity contribution in [3.8, 4) is 0 Å². The number of nitrogens with one attached hydrogen (secondary N) is 2. The molecule has 8 nitrogen and oxygen atoms in total. The minimum atomic E-state index is -3.62. The molecule has 0 bridgehead atoms. The molecule has 9 heteroatoms. The molecule has 0 spiro atoms. The van der Waals surface area contributed by atoms with Crippen molar-refractivity contribution in [2.45, 2.75) is 38.8 Å². The fraction of sp³-hybridized carbons (Fsp3) is 0.667. The van der Waals surface area contributed by atoms with E-state index in [0.717, 1.165) is 0 Å². The maximum absolute atomic E-state index is 11.5. The highest BCUT2D eigenvalue weighted by molar-refractivity contribution is 7.89. The summed E-state index contributed by atoms with van der Waals surface area (Å²) in [6.45, 7) is 7.81. The van der Waals surface area contributed by atoms with E-state index in [-0.39, 0.29) is 12.2 Å². The number of ether oxygens (including phenoxy) is 1. The van der Waals surface area contributed by atoms with Crippen LogP contribution in [0.5, 0.6) is 0 Å². The number of allylic oxidation sites excluding steroid dienone is 1. The number of aliphatic carboxylic acids is 1. The molecular formula is C12H22N2O6S. The Bertz CT molecular complexity index is 480. The number of alkyl carbamates (subject to hydrolysis) is 1. The van der Waals surface area contributed by atoms with Crippen LogP contribution in [-0.4, -0.2) is 49.5 Å². The molecule has 122 valence electrons. The molecule has 0 aromatic carbocycles. The third kappa shape index (κ3) is 9.85. The van der Waals surface area contributed by atoms with Gasteiger partial charge in [0.15, 0.2) is 0 Å². The van der Waals surface area contributed by atoms with Gasteiger partial charge in [-0.1, -0.05) is 6.08 Å². The third-order valence-electron chi connectivity index (χ3n) is 2.09. The van der Waals surface area contributed by atoms with Crippen molar-refractivity contribution in [1.29, 1.82) is 0 Å². The van der Waals surface area contributed by atoms with Crippen LogP contribution in [0.25, 0.3) is 0 Å². The number of carbonyl (C=O) groups is 2. The number of rotatable bonds is 8. The van der Waals surface area contributed by atoms with Gasteiger partial charge in [-0.25, -0.2) is 22.7 Å². The molecule has 0 saturated carbocycles. The maximum Gasteiger partial charge on any atom is 0.408 e. The molecule has 0 heterocycles. The van der Waals surface area contributed by atoms with Gasteiger partial charge >= 0.3 is 12.1 Å². The molecule has 0 aliphatic heterocycles. The van der Waals surface area contributed by atoms with E-state index in [0.29, 0.717) is 0 Å². The Labute approximate surface area is 124 Å². The second-order valence-electron chi connectivity index (χ2n) is 5.28. The van der Waals surface area contributed by atoms with Gasteiger partial charge in [0.25, 0.3) is 0 Å². The lowest BCUT2D eigenvalue weighted by molar-refractivity contribution is -0.139. The quantitative estimate of drug-likeness (QED) is 0.558. The Morgan fingerprint density at radius 1 is 1.38 bits per heavy atom. The fourth-order valence-corrected chi connectivity index (χ4v) is 2.21. The number of carboxylic acids is 1. The van der Waals surface area contributed by atoms with Crippen molar-refractivity contribution in [3.63, 3.8) is 0 Å². The predicted octanol–water partition coefficient (Wildman–Crippen LogP) is 0.460. The average molecular weight is 322 g/mol. The van der Waals surface area contributed by atoms with Gasteiger partial charge in [0.1, 0.15) is 11.6 Å². The van der Waals surface area contributed by atoms with Crippen molar-refractivity contribution in [2.75, 3.05) is 12.3 Å². The molecule has 1 atom stereocenters. The van der Waals surface area contributed by atoms with Crippen LogP contribution in [-0.2, 0) is 19.6 Å². The van der Waals surface area contributed by atoms with E-state index in [9.17, 15) is 18.0 Å². The Kier molecular flexibility index (Phi) is 7.37. The molecule has 0 aromatic heterocycles. The van der Waals surface area contributed by atoms with E-state index in [1.165, 1.54) is 6.08 Å². The number of sulfonamides is 1. The van der Waals surface area contributed by atoms with E-state index < -0.39 is 40.3 Å². The van der Waals surface area contributed by atoms with Gasteiger partial charge < -0.3 is 15.2 Å². The number of carboxylic acid groups (broad SMARTS) is 1. The first-order valence-corrected chi connectivity index (χ1v) is 7.92. The smallest absolute Gasteiger partial charge is 0.408 e. The molecule has 0 aromatic rings. The summed E-state index contributed by atoms with van der Waals surface area (Å²) in [5.74, 6) is -1.57. The second kappa shape index (κ2) is 7.99. The maximum atomic E-state index is 11.5. The first kappa shape index (κ1) is 19.4. The van der Waals surface area contributed by atoms with Crippen molar-refractivity contribution < 1.29 is 27.9 Å². The van der Waals surface area contributed by atoms with Crippen LogP contribution in [0.3, 0.4) is 0 Å². The molecule has 0 aliphatic carbocycles. The standard InChI is InChI=1S/C12H22N2O6S/c1-5-6-7-21(18,19)13-8-9(10(15)16)14-11(17)20-12(2,3)4/h5,9,13H,1,6-8H2,2-4H3,(H,14,17)(H,15,16). The summed E-state index contributed by atoms with van der Waals surface area (Å²) in [5, 5.41) is 11.1. The van der Waals surface area contributed by atoms with Crippen molar-refractivity contribution in [3.05, 3.63) is 12.7 Å². The zero-order valence-corrected chi connectivity index (χ0v) is 13.2. The van der Waals surface area contributed by atoms with E-state index in [1.54, 1.807) is 20.8 Å². The van der Waals surface area contributed by atoms with Gasteiger partial charge in [-0.15, -0.1) is 6.58 Å². The SMILES string of the molecule is C=CCCS(=O)(=O)NCC(NC(=O)OC(C)(C)C)C(=O)O. The van der Waals surface area contributed by atoms with Crippen LogP contribution >= 0.6 is 0 Å². The van der Waals surface area contributed by atoms with Gasteiger partial charge in [-0.05, 0) is 27.2 Å². The number of carbonyl (C=O) groups excluding carboxylic acids is 1.